The molecular weight excluding hydrogens is 725 g/mol. The first-order chi connectivity index (χ1) is 27.9. The van der Waals surface area contributed by atoms with Gasteiger partial charge in [-0.1, -0.05) is 88.1 Å². The van der Waals surface area contributed by atoms with Gasteiger partial charge in [-0.15, -0.1) is 0 Å². The zero-order valence-corrected chi connectivity index (χ0v) is 33.5. The van der Waals surface area contributed by atoms with Gasteiger partial charge in [0.1, 0.15) is 0 Å². The van der Waals surface area contributed by atoms with E-state index in [4.69, 9.17) is 0 Å². The molecule has 288 valence electrons. The highest BCUT2D eigenvalue weighted by Gasteiger charge is 2.18. The van der Waals surface area contributed by atoms with Crippen LogP contribution in [0.25, 0.3) is 43.6 Å². The molecule has 0 aliphatic carbocycles. The van der Waals surface area contributed by atoms with Crippen molar-refractivity contribution in [2.24, 2.45) is 20.5 Å². The van der Waals surface area contributed by atoms with Crippen LogP contribution in [0.2, 0.25) is 0 Å². The third kappa shape index (κ3) is 8.03. The van der Waals surface area contributed by atoms with Crippen molar-refractivity contribution in [1.82, 2.24) is 9.13 Å². The van der Waals surface area contributed by atoms with E-state index < -0.39 is 9.84 Å². The Morgan fingerprint density at radius 3 is 1.28 bits per heavy atom. The number of aryl methyl sites for hydroxylation is 2. The predicted octanol–water partition coefficient (Wildman–Crippen LogP) is 13.7. The molecule has 6 aromatic carbocycles. The van der Waals surface area contributed by atoms with Crippen LogP contribution in [0.1, 0.15) is 63.5 Å². The number of hydrogen-bond acceptors (Lipinski definition) is 6. The summed E-state index contributed by atoms with van der Waals surface area (Å²) in [4.78, 5) is 0.387. The molecule has 8 aromatic rings. The van der Waals surface area contributed by atoms with Crippen LogP contribution in [0, 0.1) is 0 Å². The Hall–Kier alpha value is -5.93. The molecule has 0 aliphatic rings. The summed E-state index contributed by atoms with van der Waals surface area (Å²) in [6.45, 7) is 7.33. The monoisotopic (exact) mass is 772 g/mol. The average Bonchev–Trinajstić information content (AvgIpc) is 3.73. The molecule has 0 spiro atoms. The van der Waals surface area contributed by atoms with E-state index in [0.717, 1.165) is 37.1 Å². The van der Waals surface area contributed by atoms with E-state index in [1.165, 1.54) is 69.3 Å². The SMILES string of the molecule is CCCCCn1c2ccccc2c2cc(CN=Nc3ccc(S(=O)(=O)c4ccc(N=NCc5ccc6c(c5)c5ccccc5n6CCCCC)cc4)cc3)ccc21. The Labute approximate surface area is 334 Å². The molecule has 8 rings (SSSR count). The van der Waals surface area contributed by atoms with Gasteiger partial charge in [-0.25, -0.2) is 8.42 Å². The topological polar surface area (TPSA) is 93.4 Å². The van der Waals surface area contributed by atoms with E-state index in [2.05, 4.69) is 128 Å². The van der Waals surface area contributed by atoms with E-state index in [0.29, 0.717) is 24.5 Å². The van der Waals surface area contributed by atoms with Gasteiger partial charge in [0, 0.05) is 56.7 Å². The number of azo groups is 2. The largest absolute Gasteiger partial charge is 0.340 e. The van der Waals surface area contributed by atoms with Crippen LogP contribution in [-0.2, 0) is 36.0 Å². The maximum absolute atomic E-state index is 13.5. The Bertz CT molecular complexity index is 2640. The first kappa shape index (κ1) is 38.0. The van der Waals surface area contributed by atoms with E-state index in [1.54, 1.807) is 48.5 Å². The van der Waals surface area contributed by atoms with Crippen molar-refractivity contribution >= 4 is 64.8 Å². The lowest BCUT2D eigenvalue weighted by atomic mass is 10.1. The number of fused-ring (bicyclic) bond motifs is 6. The summed E-state index contributed by atoms with van der Waals surface area (Å²) in [5, 5.41) is 22.7. The number of sulfone groups is 1. The van der Waals surface area contributed by atoms with E-state index in [-0.39, 0.29) is 9.79 Å². The Morgan fingerprint density at radius 1 is 0.456 bits per heavy atom. The molecule has 57 heavy (non-hydrogen) atoms. The summed E-state index contributed by atoms with van der Waals surface area (Å²) in [5.74, 6) is 0. The van der Waals surface area contributed by atoms with Crippen molar-refractivity contribution in [3.63, 3.8) is 0 Å². The number of para-hydroxylation sites is 2. The molecule has 0 aliphatic heterocycles. The summed E-state index contributed by atoms with van der Waals surface area (Å²) < 4.78 is 31.8. The first-order valence-corrected chi connectivity index (χ1v) is 21.6. The van der Waals surface area contributed by atoms with Gasteiger partial charge in [0.15, 0.2) is 0 Å². The zero-order valence-electron chi connectivity index (χ0n) is 32.7. The van der Waals surface area contributed by atoms with Crippen LogP contribution in [-0.4, -0.2) is 17.6 Å². The smallest absolute Gasteiger partial charge is 0.206 e. The van der Waals surface area contributed by atoms with Gasteiger partial charge >= 0.3 is 0 Å². The van der Waals surface area contributed by atoms with Crippen LogP contribution in [0.3, 0.4) is 0 Å². The van der Waals surface area contributed by atoms with Crippen molar-refractivity contribution in [3.05, 3.63) is 145 Å². The molecule has 0 saturated heterocycles. The summed E-state index contributed by atoms with van der Waals surface area (Å²) >= 11 is 0. The van der Waals surface area contributed by atoms with E-state index >= 15 is 0 Å². The van der Waals surface area contributed by atoms with Crippen LogP contribution in [0.5, 0.6) is 0 Å². The van der Waals surface area contributed by atoms with Gasteiger partial charge in [-0.2, -0.15) is 20.5 Å². The number of aromatic nitrogens is 2. The lowest BCUT2D eigenvalue weighted by Gasteiger charge is -2.07. The maximum Gasteiger partial charge on any atom is 0.206 e. The van der Waals surface area contributed by atoms with Gasteiger partial charge in [0.05, 0.1) is 34.3 Å². The fraction of sp³-hybridized carbons (Fsp3) is 0.250. The number of benzene rings is 6. The average molecular weight is 773 g/mol. The van der Waals surface area contributed by atoms with Crippen LogP contribution < -0.4 is 0 Å². The van der Waals surface area contributed by atoms with Gasteiger partial charge in [-0.3, -0.25) is 0 Å². The lowest BCUT2D eigenvalue weighted by molar-refractivity contribution is 0.596. The molecule has 0 saturated carbocycles. The molecule has 0 unspecified atom stereocenters. The van der Waals surface area contributed by atoms with Crippen molar-refractivity contribution in [2.75, 3.05) is 0 Å². The molecule has 0 bridgehead atoms. The van der Waals surface area contributed by atoms with Crippen molar-refractivity contribution in [1.29, 1.82) is 0 Å². The highest BCUT2D eigenvalue weighted by Crippen LogP contribution is 2.33. The van der Waals surface area contributed by atoms with Crippen LogP contribution in [0.4, 0.5) is 11.4 Å². The van der Waals surface area contributed by atoms with E-state index in [1.807, 2.05) is 0 Å². The highest BCUT2D eigenvalue weighted by atomic mass is 32.2. The van der Waals surface area contributed by atoms with Crippen molar-refractivity contribution in [2.45, 2.75) is 88.3 Å². The summed E-state index contributed by atoms with van der Waals surface area (Å²) in [5.41, 5.74) is 8.34. The second kappa shape index (κ2) is 17.1. The van der Waals surface area contributed by atoms with Crippen LogP contribution in [0.15, 0.2) is 164 Å². The number of nitrogens with zero attached hydrogens (tertiary/aromatic N) is 6. The molecule has 0 N–H and O–H groups in total. The molecular formula is C48H48N6O2S. The van der Waals surface area contributed by atoms with Crippen molar-refractivity contribution < 1.29 is 8.42 Å². The Kier molecular flexibility index (Phi) is 11.4. The van der Waals surface area contributed by atoms with Crippen LogP contribution >= 0.6 is 0 Å². The molecule has 0 radical (unpaired) electrons. The number of unbranched alkanes of at least 4 members (excludes halogenated alkanes) is 4. The first-order valence-electron chi connectivity index (χ1n) is 20.1. The standard InChI is InChI=1S/C48H48N6O2S/c1-3-5-11-29-53-45-15-9-7-13-41(45)43-31-35(17-27-47(43)53)33-49-51-37-19-23-39(24-20-37)57(55,56)40-25-21-38(22-26-40)52-50-34-36-18-28-48-44(32-36)42-14-8-10-16-46(42)54(48)30-12-6-4-2/h7-10,13-28,31-32H,3-6,11-12,29-30,33-34H2,1-2H3. The molecule has 8 nitrogen and oxygen atoms in total. The minimum Gasteiger partial charge on any atom is -0.340 e. The summed E-state index contributed by atoms with van der Waals surface area (Å²) in [7, 11) is -3.74. The molecule has 0 fully saturated rings. The second-order valence-electron chi connectivity index (χ2n) is 14.7. The number of hydrogen-bond donors (Lipinski definition) is 0. The summed E-state index contributed by atoms with van der Waals surface area (Å²) in [6.07, 6.45) is 7.14. The fourth-order valence-electron chi connectivity index (χ4n) is 7.84. The van der Waals surface area contributed by atoms with Gasteiger partial charge in [0.25, 0.3) is 0 Å². The normalized spacial score (nSPS) is 12.4. The molecule has 0 amide bonds. The van der Waals surface area contributed by atoms with Gasteiger partial charge in [-0.05, 0) is 109 Å². The fourth-order valence-corrected chi connectivity index (χ4v) is 9.10. The quantitative estimate of drug-likeness (QED) is 0.0722. The minimum atomic E-state index is -3.74. The molecule has 2 aromatic heterocycles. The highest BCUT2D eigenvalue weighted by molar-refractivity contribution is 7.91. The molecule has 9 heteroatoms. The predicted molar refractivity (Wildman–Crippen MR) is 233 cm³/mol. The van der Waals surface area contributed by atoms with Gasteiger partial charge < -0.3 is 9.13 Å². The minimum absolute atomic E-state index is 0.193. The molecule has 0 atom stereocenters. The van der Waals surface area contributed by atoms with Crippen molar-refractivity contribution in [3.8, 4) is 0 Å². The van der Waals surface area contributed by atoms with E-state index in [9.17, 15) is 8.42 Å². The molecule has 2 heterocycles. The summed E-state index contributed by atoms with van der Waals surface area (Å²) in [6, 6.07) is 43.3. The Morgan fingerprint density at radius 2 is 0.860 bits per heavy atom. The zero-order chi connectivity index (χ0) is 39.2. The van der Waals surface area contributed by atoms with Gasteiger partial charge in [0.2, 0.25) is 9.84 Å². The maximum atomic E-state index is 13.5. The number of rotatable bonds is 16. The lowest BCUT2D eigenvalue weighted by Crippen LogP contribution is -2.01. The third-order valence-corrected chi connectivity index (χ3v) is 12.6. The third-order valence-electron chi connectivity index (χ3n) is 10.8. The Balaban J connectivity index is 0.901. The second-order valence-corrected chi connectivity index (χ2v) is 16.7.